The van der Waals surface area contributed by atoms with Crippen LogP contribution in [0.2, 0.25) is 5.02 Å². The zero-order chi connectivity index (χ0) is 17.9. The van der Waals surface area contributed by atoms with E-state index >= 15 is 0 Å². The highest BCUT2D eigenvalue weighted by molar-refractivity contribution is 7.92. The Morgan fingerprint density at radius 3 is 2.28 bits per heavy atom. The van der Waals surface area contributed by atoms with E-state index in [0.29, 0.717) is 23.8 Å². The van der Waals surface area contributed by atoms with E-state index in [1.165, 1.54) is 12.1 Å². The Morgan fingerprint density at radius 2 is 1.68 bits per heavy atom. The Labute approximate surface area is 152 Å². The van der Waals surface area contributed by atoms with Crippen LogP contribution >= 0.6 is 11.6 Å². The topological polar surface area (TPSA) is 69.7 Å². The molecule has 0 unspecified atom stereocenters. The van der Waals surface area contributed by atoms with Crippen molar-refractivity contribution in [3.8, 4) is 0 Å². The van der Waals surface area contributed by atoms with E-state index in [9.17, 15) is 13.2 Å². The van der Waals surface area contributed by atoms with Crippen molar-refractivity contribution in [3.63, 3.8) is 0 Å². The summed E-state index contributed by atoms with van der Waals surface area (Å²) in [6.45, 7) is 2.89. The van der Waals surface area contributed by atoms with Gasteiger partial charge in [-0.1, -0.05) is 17.7 Å². The standard InChI is InChI=1S/C17H18ClN3O3S/c18-14-2-1-3-17(12-14)25(23,24)19-15-4-6-16(7-5-15)21-10-8-20(13-22)9-11-21/h1-7,12-13,19H,8-11H2. The first kappa shape index (κ1) is 17.6. The largest absolute Gasteiger partial charge is 0.368 e. The van der Waals surface area contributed by atoms with E-state index in [4.69, 9.17) is 11.6 Å². The molecule has 25 heavy (non-hydrogen) atoms. The van der Waals surface area contributed by atoms with Gasteiger partial charge in [0.15, 0.2) is 0 Å². The monoisotopic (exact) mass is 379 g/mol. The molecule has 3 rings (SSSR count). The first-order valence-electron chi connectivity index (χ1n) is 7.81. The number of halogens is 1. The molecule has 2 aromatic carbocycles. The van der Waals surface area contributed by atoms with Crippen LogP contribution in [0.25, 0.3) is 0 Å². The van der Waals surface area contributed by atoms with Gasteiger partial charge in [-0.15, -0.1) is 0 Å². The highest BCUT2D eigenvalue weighted by Gasteiger charge is 2.17. The fraction of sp³-hybridized carbons (Fsp3) is 0.235. The minimum Gasteiger partial charge on any atom is -0.368 e. The van der Waals surface area contributed by atoms with Crippen molar-refractivity contribution in [2.24, 2.45) is 0 Å². The van der Waals surface area contributed by atoms with Gasteiger partial charge >= 0.3 is 0 Å². The summed E-state index contributed by atoms with van der Waals surface area (Å²) in [5, 5.41) is 0.368. The molecule has 1 aliphatic heterocycles. The molecule has 1 heterocycles. The van der Waals surface area contributed by atoms with Gasteiger partial charge in [-0.25, -0.2) is 8.42 Å². The molecule has 8 heteroatoms. The second-order valence-electron chi connectivity index (χ2n) is 5.74. The number of carbonyl (C=O) groups excluding carboxylic acids is 1. The highest BCUT2D eigenvalue weighted by atomic mass is 35.5. The molecule has 1 aliphatic rings. The third kappa shape index (κ3) is 4.24. The molecule has 0 aromatic heterocycles. The second-order valence-corrected chi connectivity index (χ2v) is 7.86. The Hall–Kier alpha value is -2.25. The lowest BCUT2D eigenvalue weighted by atomic mass is 10.2. The van der Waals surface area contributed by atoms with Gasteiger partial charge in [0, 0.05) is 42.6 Å². The first-order valence-corrected chi connectivity index (χ1v) is 9.67. The van der Waals surface area contributed by atoms with Crippen LogP contribution in [-0.4, -0.2) is 45.9 Å². The third-order valence-corrected chi connectivity index (χ3v) is 5.67. The van der Waals surface area contributed by atoms with Gasteiger partial charge in [0.2, 0.25) is 6.41 Å². The molecule has 0 atom stereocenters. The van der Waals surface area contributed by atoms with E-state index in [1.807, 2.05) is 12.1 Å². The number of carbonyl (C=O) groups is 1. The number of hydrogen-bond acceptors (Lipinski definition) is 4. The predicted molar refractivity (Wildman–Crippen MR) is 98.6 cm³/mol. The van der Waals surface area contributed by atoms with Crippen LogP contribution in [0.15, 0.2) is 53.4 Å². The van der Waals surface area contributed by atoms with Gasteiger partial charge in [-0.05, 0) is 42.5 Å². The number of amides is 1. The third-order valence-electron chi connectivity index (χ3n) is 4.05. The summed E-state index contributed by atoms with van der Waals surface area (Å²) < 4.78 is 27.3. The lowest BCUT2D eigenvalue weighted by molar-refractivity contribution is -0.118. The van der Waals surface area contributed by atoms with Crippen molar-refractivity contribution in [2.45, 2.75) is 4.90 Å². The van der Waals surface area contributed by atoms with Crippen LogP contribution in [0.1, 0.15) is 0 Å². The molecule has 0 spiro atoms. The van der Waals surface area contributed by atoms with Gasteiger partial charge < -0.3 is 9.80 Å². The van der Waals surface area contributed by atoms with Crippen LogP contribution < -0.4 is 9.62 Å². The first-order chi connectivity index (χ1) is 12.0. The molecule has 6 nitrogen and oxygen atoms in total. The summed E-state index contributed by atoms with van der Waals surface area (Å²) >= 11 is 5.86. The minimum atomic E-state index is -3.68. The average Bonchev–Trinajstić information content (AvgIpc) is 2.62. The Morgan fingerprint density at radius 1 is 1.00 bits per heavy atom. The van der Waals surface area contributed by atoms with Gasteiger partial charge in [-0.2, -0.15) is 0 Å². The molecular formula is C17H18ClN3O3S. The normalized spacial score (nSPS) is 15.1. The maximum absolute atomic E-state index is 12.4. The molecule has 1 N–H and O–H groups in total. The van der Waals surface area contributed by atoms with Gasteiger partial charge in [0.05, 0.1) is 4.90 Å². The zero-order valence-electron chi connectivity index (χ0n) is 13.4. The van der Waals surface area contributed by atoms with E-state index in [0.717, 1.165) is 25.2 Å². The molecule has 0 saturated carbocycles. The summed E-state index contributed by atoms with van der Waals surface area (Å²) in [5.41, 5.74) is 1.48. The van der Waals surface area contributed by atoms with Crippen molar-refractivity contribution >= 4 is 39.4 Å². The van der Waals surface area contributed by atoms with Gasteiger partial charge in [0.1, 0.15) is 0 Å². The summed E-state index contributed by atoms with van der Waals surface area (Å²) in [6, 6.07) is 13.3. The molecule has 1 saturated heterocycles. The number of benzene rings is 2. The minimum absolute atomic E-state index is 0.120. The highest BCUT2D eigenvalue weighted by Crippen LogP contribution is 2.22. The van der Waals surface area contributed by atoms with E-state index in [1.54, 1.807) is 29.2 Å². The number of nitrogens with zero attached hydrogens (tertiary/aromatic N) is 2. The van der Waals surface area contributed by atoms with Crippen LogP contribution in [0, 0.1) is 0 Å². The van der Waals surface area contributed by atoms with Crippen molar-refractivity contribution in [3.05, 3.63) is 53.6 Å². The number of rotatable bonds is 5. The molecule has 0 bridgehead atoms. The van der Waals surface area contributed by atoms with E-state index < -0.39 is 10.0 Å². The van der Waals surface area contributed by atoms with Crippen molar-refractivity contribution in [2.75, 3.05) is 35.8 Å². The molecule has 0 radical (unpaired) electrons. The van der Waals surface area contributed by atoms with E-state index in [2.05, 4.69) is 9.62 Å². The smallest absolute Gasteiger partial charge is 0.261 e. The molecule has 1 amide bonds. The quantitative estimate of drug-likeness (QED) is 0.810. The second kappa shape index (κ2) is 7.33. The summed E-state index contributed by atoms with van der Waals surface area (Å²) in [4.78, 5) is 14.8. The molecule has 1 fully saturated rings. The van der Waals surface area contributed by atoms with Crippen molar-refractivity contribution in [1.82, 2.24) is 4.90 Å². The van der Waals surface area contributed by atoms with Crippen molar-refractivity contribution < 1.29 is 13.2 Å². The Bertz CT molecular complexity index is 848. The Kier molecular flexibility index (Phi) is 5.15. The lowest BCUT2D eigenvalue weighted by Crippen LogP contribution is -2.45. The molecule has 0 aliphatic carbocycles. The lowest BCUT2D eigenvalue weighted by Gasteiger charge is -2.34. The zero-order valence-corrected chi connectivity index (χ0v) is 15.0. The van der Waals surface area contributed by atoms with Crippen LogP contribution in [0.5, 0.6) is 0 Å². The van der Waals surface area contributed by atoms with Gasteiger partial charge in [0.25, 0.3) is 10.0 Å². The molecule has 132 valence electrons. The SMILES string of the molecule is O=CN1CCN(c2ccc(NS(=O)(=O)c3cccc(Cl)c3)cc2)CC1. The van der Waals surface area contributed by atoms with Crippen LogP contribution in [0.4, 0.5) is 11.4 Å². The fourth-order valence-corrected chi connectivity index (χ4v) is 4.03. The summed E-state index contributed by atoms with van der Waals surface area (Å²) in [6.07, 6.45) is 0.866. The molecule has 2 aromatic rings. The number of piperazine rings is 1. The maximum atomic E-state index is 12.4. The summed E-state index contributed by atoms with van der Waals surface area (Å²) in [5.74, 6) is 0. The maximum Gasteiger partial charge on any atom is 0.261 e. The van der Waals surface area contributed by atoms with Gasteiger partial charge in [-0.3, -0.25) is 9.52 Å². The molecular weight excluding hydrogens is 362 g/mol. The van der Waals surface area contributed by atoms with E-state index in [-0.39, 0.29) is 4.90 Å². The number of sulfonamides is 1. The van der Waals surface area contributed by atoms with Crippen LogP contribution in [-0.2, 0) is 14.8 Å². The number of anilines is 2. The average molecular weight is 380 g/mol. The summed E-state index contributed by atoms with van der Waals surface area (Å²) in [7, 11) is -3.68. The van der Waals surface area contributed by atoms with Crippen LogP contribution in [0.3, 0.4) is 0 Å². The Balaban J connectivity index is 1.69. The number of nitrogens with one attached hydrogen (secondary N) is 1. The fourth-order valence-electron chi connectivity index (χ4n) is 2.67. The van der Waals surface area contributed by atoms with Crippen molar-refractivity contribution in [1.29, 1.82) is 0 Å². The number of hydrogen-bond donors (Lipinski definition) is 1. The predicted octanol–water partition coefficient (Wildman–Crippen LogP) is 2.42.